The first-order chi connectivity index (χ1) is 6.98. The number of carboxylic acid groups (broad SMARTS) is 1. The van der Waals surface area contributed by atoms with Crippen LogP contribution in [0.1, 0.15) is 0 Å². The number of nitrogens with zero attached hydrogens (tertiary/aromatic N) is 1. The van der Waals surface area contributed by atoms with Crippen molar-refractivity contribution in [3.05, 3.63) is 0 Å². The third-order valence-electron chi connectivity index (χ3n) is 0.716. The first kappa shape index (κ1) is 27.5. The molecule has 0 saturated heterocycles. The Morgan fingerprint density at radius 2 is 1.61 bits per heavy atom. The van der Waals surface area contributed by atoms with Gasteiger partial charge in [-0.25, -0.2) is 0 Å². The second kappa shape index (κ2) is 13.2. The molecule has 0 fully saturated rings. The molecule has 0 unspecified atom stereocenters. The van der Waals surface area contributed by atoms with Crippen molar-refractivity contribution >= 4 is 21.2 Å². The molecule has 0 aromatic heterocycles. The van der Waals surface area contributed by atoms with Gasteiger partial charge in [0.05, 0.1) is 18.6 Å². The minimum absolute atomic E-state index is 0. The minimum atomic E-state index is -4.84. The Morgan fingerprint density at radius 1 is 1.28 bits per heavy atom. The van der Waals surface area contributed by atoms with E-state index >= 15 is 0 Å². The molecular weight excluding hydrogens is 312 g/mol. The first-order valence-corrected chi connectivity index (χ1v) is 6.72. The number of nitrogens with one attached hydrogen (secondary N) is 1. The minimum Gasteiger partial charge on any atom is -0.800 e. The van der Waals surface area contributed by atoms with Gasteiger partial charge in [-0.05, 0) is 0 Å². The van der Waals surface area contributed by atoms with Crippen molar-refractivity contribution in [2.24, 2.45) is 0 Å². The molecule has 0 spiro atoms. The van der Waals surface area contributed by atoms with E-state index in [0.717, 1.165) is 0 Å². The molecule has 0 aliphatic carbocycles. The van der Waals surface area contributed by atoms with Crippen LogP contribution in [0.2, 0.25) is 0 Å². The third-order valence-corrected chi connectivity index (χ3v) is 1.60. The molecule has 0 aliphatic rings. The summed E-state index contributed by atoms with van der Waals surface area (Å²) in [6, 6.07) is 0. The third kappa shape index (κ3) is 36.0. The van der Waals surface area contributed by atoms with Crippen LogP contribution in [0, 0.1) is 11.1 Å². The van der Waals surface area contributed by atoms with Gasteiger partial charge in [0.15, 0.2) is 0 Å². The Kier molecular flexibility index (Phi) is 20.2. The molecule has 10 nitrogen and oxygen atoms in total. The zero-order chi connectivity index (χ0) is 13.4. The van der Waals surface area contributed by atoms with Crippen LogP contribution in [0.4, 0.5) is 0 Å². The Balaban J connectivity index is -0.000000108. The molecule has 18 heavy (non-hydrogen) atoms. The number of carboxylic acids is 1. The summed E-state index contributed by atoms with van der Waals surface area (Å²) in [5.74, 6) is -0.596. The van der Waals surface area contributed by atoms with Gasteiger partial charge in [-0.1, -0.05) is 0 Å². The smallest absolute Gasteiger partial charge is 0.800 e. The Bertz CT molecular complexity index is 359. The van der Waals surface area contributed by atoms with E-state index < -0.39 is 34.0 Å². The molecule has 0 radical (unpaired) electrons. The van der Waals surface area contributed by atoms with Crippen molar-refractivity contribution < 1.29 is 97.7 Å². The molecule has 0 amide bonds. The van der Waals surface area contributed by atoms with Gasteiger partial charge in [0.25, 0.3) is 0 Å². The van der Waals surface area contributed by atoms with E-state index in [1.165, 1.54) is 0 Å². The zero-order valence-corrected chi connectivity index (χ0v) is 15.4. The van der Waals surface area contributed by atoms with E-state index in [1.54, 1.807) is 0 Å². The van der Waals surface area contributed by atoms with Crippen molar-refractivity contribution in [2.45, 2.75) is 0 Å². The van der Waals surface area contributed by atoms with Crippen LogP contribution in [0.5, 0.6) is 0 Å². The maximum atomic E-state index is 10.1. The number of hydrogen-bond acceptors (Lipinski definition) is 7. The van der Waals surface area contributed by atoms with Crippen molar-refractivity contribution in [3.63, 3.8) is 0 Å². The summed E-state index contributed by atoms with van der Waals surface area (Å²) in [5, 5.41) is 17.3. The second-order valence-electron chi connectivity index (χ2n) is 2.24. The number of rotatable bonds is 4. The van der Waals surface area contributed by atoms with E-state index in [4.69, 9.17) is 34.5 Å². The molecule has 0 bridgehead atoms. The predicted octanol–water partition coefficient (Wildman–Crippen LogP) is -8.82. The van der Waals surface area contributed by atoms with Crippen molar-refractivity contribution in [3.8, 4) is 5.81 Å². The summed E-state index contributed by atoms with van der Waals surface area (Å²) < 4.78 is 19.2. The average molecular weight is 320 g/mol. The topological polar surface area (TPSA) is 194 Å². The predicted molar refractivity (Wildman–Crippen MR) is 45.8 cm³/mol. The fourth-order valence-corrected chi connectivity index (χ4v) is 0.712. The second-order valence-corrected chi connectivity index (χ2v) is 5.08. The van der Waals surface area contributed by atoms with Crippen molar-refractivity contribution in [1.29, 1.82) is 5.26 Å². The van der Waals surface area contributed by atoms with Crippen LogP contribution >= 0.6 is 15.2 Å². The molecule has 0 aromatic carbocycles. The maximum Gasteiger partial charge on any atom is 1.00 e. The standard InChI is InChI=1S/C3H8NO5P.CH2NO3P.2Na/c5-3(6)1-4-2-10(7,8)9;2-1-6(3,4)5;;/h4H,1-2H2,(H,5,6)(H2,7,8,9);(H2,3,4,5);;/q;;2*+1/p-2. The summed E-state index contributed by atoms with van der Waals surface area (Å²) in [5.41, 5.74) is 0. The fourth-order valence-electron chi connectivity index (χ4n) is 0.308. The van der Waals surface area contributed by atoms with Gasteiger partial charge in [0, 0.05) is 7.60 Å². The summed E-state index contributed by atoms with van der Waals surface area (Å²) in [4.78, 5) is 44.4. The average Bonchev–Trinajstić information content (AvgIpc) is 2.00. The number of nitriles is 1. The zero-order valence-electron chi connectivity index (χ0n) is 9.64. The van der Waals surface area contributed by atoms with E-state index in [1.807, 2.05) is 0 Å². The normalized spacial score (nSPS) is 9.72. The van der Waals surface area contributed by atoms with Gasteiger partial charge in [-0.3, -0.25) is 14.7 Å². The molecule has 0 saturated carbocycles. The molecule has 0 atom stereocenters. The van der Waals surface area contributed by atoms with Gasteiger partial charge >= 0.3 is 72.7 Å². The molecule has 0 heterocycles. The van der Waals surface area contributed by atoms with Crippen LogP contribution in [-0.4, -0.2) is 33.7 Å². The Morgan fingerprint density at radius 3 is 1.78 bits per heavy atom. The summed E-state index contributed by atoms with van der Waals surface area (Å²) in [6.45, 7) is -0.439. The van der Waals surface area contributed by atoms with Gasteiger partial charge in [0.1, 0.15) is 0 Å². The van der Waals surface area contributed by atoms with Crippen LogP contribution in [-0.2, 0) is 13.9 Å². The van der Waals surface area contributed by atoms with Crippen LogP contribution in [0.3, 0.4) is 0 Å². The van der Waals surface area contributed by atoms with E-state index in [0.29, 0.717) is 5.81 Å². The molecule has 0 aliphatic heterocycles. The van der Waals surface area contributed by atoms with E-state index in [2.05, 4.69) is 5.32 Å². The summed E-state index contributed by atoms with van der Waals surface area (Å²) in [7, 11) is -8.94. The first-order valence-electron chi connectivity index (χ1n) is 3.38. The van der Waals surface area contributed by atoms with E-state index in [-0.39, 0.29) is 59.1 Å². The van der Waals surface area contributed by atoms with Crippen LogP contribution < -0.4 is 74.2 Å². The van der Waals surface area contributed by atoms with Crippen LogP contribution in [0.15, 0.2) is 0 Å². The Hall–Kier alpha value is 1.22. The van der Waals surface area contributed by atoms with Gasteiger partial charge in [0.2, 0.25) is 0 Å². The number of aliphatic carboxylic acids is 1. The molecular formula is C4H8N2Na2O8P2. The fraction of sp³-hybridized carbons (Fsp3) is 0.500. The largest absolute Gasteiger partial charge is 1.00 e. The summed E-state index contributed by atoms with van der Waals surface area (Å²) >= 11 is 0. The SMILES string of the molecule is N#CP(=O)([O-])[O-].O=C(O)CNCP(=O)(O)O.[Na+].[Na+]. The van der Waals surface area contributed by atoms with E-state index in [9.17, 15) is 9.36 Å². The Labute approximate surface area is 147 Å². The van der Waals surface area contributed by atoms with Gasteiger partial charge in [-0.15, -0.1) is 0 Å². The maximum absolute atomic E-state index is 10.1. The monoisotopic (exact) mass is 320 g/mol. The molecule has 94 valence electrons. The molecule has 4 N–H and O–H groups in total. The van der Waals surface area contributed by atoms with Gasteiger partial charge in [-0.2, -0.15) is 5.26 Å². The number of hydrogen-bond donors (Lipinski definition) is 4. The van der Waals surface area contributed by atoms with Crippen LogP contribution in [0.25, 0.3) is 0 Å². The van der Waals surface area contributed by atoms with Crippen molar-refractivity contribution in [1.82, 2.24) is 5.32 Å². The summed E-state index contributed by atoms with van der Waals surface area (Å²) in [6.07, 6.45) is -0.598. The number of carbonyl (C=O) groups is 1. The quantitative estimate of drug-likeness (QED) is 0.285. The molecule has 0 rings (SSSR count). The molecule has 0 aromatic rings. The van der Waals surface area contributed by atoms with Crippen molar-refractivity contribution in [2.75, 3.05) is 12.8 Å². The van der Waals surface area contributed by atoms with Gasteiger partial charge < -0.3 is 29.2 Å². The molecule has 14 heteroatoms.